The van der Waals surface area contributed by atoms with E-state index >= 15 is 0 Å². The number of aliphatic hydroxyl groups excluding tert-OH is 2. The van der Waals surface area contributed by atoms with Crippen LogP contribution in [0.25, 0.3) is 11.0 Å². The summed E-state index contributed by atoms with van der Waals surface area (Å²) in [5.41, 5.74) is 6.49. The Hall–Kier alpha value is -1.95. The van der Waals surface area contributed by atoms with Crippen molar-refractivity contribution in [2.75, 3.05) is 5.73 Å². The Labute approximate surface area is 167 Å². The van der Waals surface area contributed by atoms with Crippen LogP contribution >= 0.6 is 23.6 Å². The maximum atomic E-state index is 13.8. The van der Waals surface area contributed by atoms with Crippen LogP contribution in [0.2, 0.25) is 5.02 Å². The van der Waals surface area contributed by atoms with Crippen LogP contribution < -0.4 is 5.73 Å². The fraction of sp³-hybridized carbons (Fsp3) is 0.294. The Kier molecular flexibility index (Phi) is 5.17. The lowest BCUT2D eigenvalue weighted by Crippen LogP contribution is -2.33. The molecule has 5 atom stereocenters. The van der Waals surface area contributed by atoms with E-state index in [4.69, 9.17) is 22.1 Å². The number of rotatable bonds is 4. The van der Waals surface area contributed by atoms with Crippen LogP contribution in [0.3, 0.4) is 0 Å². The van der Waals surface area contributed by atoms with Gasteiger partial charge in [0.2, 0.25) is 0 Å². The Morgan fingerprint density at radius 3 is 2.82 bits per heavy atom. The first-order valence-corrected chi connectivity index (χ1v) is 9.47. The highest BCUT2D eigenvalue weighted by atomic mass is 35.5. The van der Waals surface area contributed by atoms with Gasteiger partial charge in [-0.15, -0.1) is 0 Å². The first-order valence-electron chi connectivity index (χ1n) is 8.26. The standard InChI is InChI=1S/C17H16ClFN4O4S/c18-9-2-1-7(5-10(9)19)11(24)13-12(25)14(28-26)17(27-13)23-4-3-8-15(20)21-6-22-16(8)23/h1-6,11-14,17,24-26H,(H2,20,21,22)/t11-,12-,13-,14-,17-/m1/s1. The van der Waals surface area contributed by atoms with Crippen molar-refractivity contribution in [1.82, 2.24) is 14.5 Å². The lowest BCUT2D eigenvalue weighted by molar-refractivity contribution is -0.0828. The first-order chi connectivity index (χ1) is 13.4. The number of ether oxygens (including phenoxy) is 1. The third kappa shape index (κ3) is 3.11. The maximum absolute atomic E-state index is 13.8. The minimum absolute atomic E-state index is 0.0819. The number of halogens is 2. The van der Waals surface area contributed by atoms with Gasteiger partial charge < -0.3 is 29.8 Å². The van der Waals surface area contributed by atoms with Crippen LogP contribution in [0.5, 0.6) is 0 Å². The van der Waals surface area contributed by atoms with Crippen molar-refractivity contribution in [3.8, 4) is 0 Å². The second-order valence-electron chi connectivity index (χ2n) is 6.39. The molecule has 0 amide bonds. The molecule has 0 spiro atoms. The van der Waals surface area contributed by atoms with Crippen molar-refractivity contribution < 1.29 is 23.9 Å². The average molecular weight is 427 g/mol. The number of nitrogen functional groups attached to an aromatic ring is 1. The number of anilines is 1. The van der Waals surface area contributed by atoms with E-state index in [1.807, 2.05) is 0 Å². The van der Waals surface area contributed by atoms with E-state index in [1.165, 1.54) is 18.5 Å². The quantitative estimate of drug-likeness (QED) is 0.468. The summed E-state index contributed by atoms with van der Waals surface area (Å²) >= 11 is 6.08. The van der Waals surface area contributed by atoms with Gasteiger partial charge in [0, 0.05) is 6.20 Å². The molecule has 0 aliphatic carbocycles. The predicted molar refractivity (Wildman–Crippen MR) is 102 cm³/mol. The first kappa shape index (κ1) is 19.4. The van der Waals surface area contributed by atoms with Crippen molar-refractivity contribution >= 4 is 40.5 Å². The highest BCUT2D eigenvalue weighted by Gasteiger charge is 2.48. The van der Waals surface area contributed by atoms with Gasteiger partial charge in [-0.3, -0.25) is 0 Å². The summed E-state index contributed by atoms with van der Waals surface area (Å²) in [6, 6.07) is 5.53. The summed E-state index contributed by atoms with van der Waals surface area (Å²) in [5.74, 6) is -0.414. The van der Waals surface area contributed by atoms with E-state index in [-0.39, 0.29) is 16.4 Å². The Bertz CT molecular complexity index is 1020. The molecule has 0 saturated carbocycles. The summed E-state index contributed by atoms with van der Waals surface area (Å²) in [6.07, 6.45) is -1.62. The van der Waals surface area contributed by atoms with Gasteiger partial charge in [0.25, 0.3) is 0 Å². The minimum Gasteiger partial charge on any atom is -0.389 e. The molecule has 1 saturated heterocycles. The third-order valence-corrected chi connectivity index (χ3v) is 5.84. The zero-order chi connectivity index (χ0) is 20.0. The molecule has 1 aromatic carbocycles. The fourth-order valence-electron chi connectivity index (χ4n) is 3.36. The molecule has 0 radical (unpaired) electrons. The fourth-order valence-corrected chi connectivity index (χ4v) is 4.05. The highest BCUT2D eigenvalue weighted by Crippen LogP contribution is 2.42. The van der Waals surface area contributed by atoms with Crippen LogP contribution in [0.15, 0.2) is 36.8 Å². The van der Waals surface area contributed by atoms with Crippen LogP contribution in [0.4, 0.5) is 10.2 Å². The van der Waals surface area contributed by atoms with Crippen molar-refractivity contribution in [1.29, 1.82) is 0 Å². The summed E-state index contributed by atoms with van der Waals surface area (Å²) in [6.45, 7) is 0. The third-order valence-electron chi connectivity index (χ3n) is 4.78. The molecule has 0 bridgehead atoms. The van der Waals surface area contributed by atoms with Gasteiger partial charge in [-0.25, -0.2) is 14.4 Å². The monoisotopic (exact) mass is 426 g/mol. The van der Waals surface area contributed by atoms with Crippen molar-refractivity contribution in [3.05, 3.63) is 53.2 Å². The highest BCUT2D eigenvalue weighted by molar-refractivity contribution is 7.94. The van der Waals surface area contributed by atoms with Gasteiger partial charge in [0.15, 0.2) is 6.23 Å². The molecule has 11 heteroatoms. The number of aromatic nitrogens is 3. The summed E-state index contributed by atoms with van der Waals surface area (Å²) < 4.78 is 31.0. The van der Waals surface area contributed by atoms with Crippen molar-refractivity contribution in [2.24, 2.45) is 0 Å². The molecule has 8 nitrogen and oxygen atoms in total. The number of nitrogens with two attached hydrogens (primary N) is 1. The zero-order valence-electron chi connectivity index (χ0n) is 14.2. The number of nitrogens with zero attached hydrogens (tertiary/aromatic N) is 3. The molecule has 0 unspecified atom stereocenters. The van der Waals surface area contributed by atoms with E-state index in [9.17, 15) is 19.2 Å². The molecule has 28 heavy (non-hydrogen) atoms. The van der Waals surface area contributed by atoms with Gasteiger partial charge in [0.1, 0.15) is 47.2 Å². The molecule has 3 aromatic rings. The smallest absolute Gasteiger partial charge is 0.152 e. The number of aliphatic hydroxyl groups is 2. The van der Waals surface area contributed by atoms with Gasteiger partial charge in [-0.2, -0.15) is 0 Å². The molecule has 3 heterocycles. The molecule has 5 N–H and O–H groups in total. The van der Waals surface area contributed by atoms with Crippen molar-refractivity contribution in [3.63, 3.8) is 0 Å². The number of benzene rings is 1. The summed E-state index contributed by atoms with van der Waals surface area (Å²) in [7, 11) is 0. The second-order valence-corrected chi connectivity index (χ2v) is 7.55. The molecular formula is C17H16ClFN4O4S. The topological polar surface area (TPSA) is 127 Å². The number of fused-ring (bicyclic) bond motifs is 1. The Balaban J connectivity index is 1.68. The summed E-state index contributed by atoms with van der Waals surface area (Å²) in [4.78, 5) is 8.10. The van der Waals surface area contributed by atoms with Gasteiger partial charge in [-0.05, 0) is 35.8 Å². The average Bonchev–Trinajstić information content (AvgIpc) is 3.25. The van der Waals surface area contributed by atoms with E-state index in [0.717, 1.165) is 6.07 Å². The Morgan fingerprint density at radius 2 is 2.11 bits per heavy atom. The van der Waals surface area contributed by atoms with Gasteiger partial charge >= 0.3 is 0 Å². The van der Waals surface area contributed by atoms with Crippen molar-refractivity contribution in [2.45, 2.75) is 29.8 Å². The lowest BCUT2D eigenvalue weighted by atomic mass is 10.00. The summed E-state index contributed by atoms with van der Waals surface area (Å²) in [5, 5.41) is 21.0. The van der Waals surface area contributed by atoms with Crippen LogP contribution in [-0.2, 0) is 4.74 Å². The second kappa shape index (κ2) is 7.47. The minimum atomic E-state index is -1.34. The van der Waals surface area contributed by atoms with E-state index in [2.05, 4.69) is 9.97 Å². The number of hydrogen-bond donors (Lipinski definition) is 4. The number of hydrogen-bond acceptors (Lipinski definition) is 8. The zero-order valence-corrected chi connectivity index (χ0v) is 15.8. The molecule has 2 aromatic heterocycles. The molecular weight excluding hydrogens is 411 g/mol. The van der Waals surface area contributed by atoms with Gasteiger partial charge in [-0.1, -0.05) is 17.7 Å². The van der Waals surface area contributed by atoms with E-state index < -0.39 is 35.6 Å². The van der Waals surface area contributed by atoms with Crippen LogP contribution in [0.1, 0.15) is 17.9 Å². The van der Waals surface area contributed by atoms with Crippen LogP contribution in [-0.4, -0.2) is 46.8 Å². The van der Waals surface area contributed by atoms with Gasteiger partial charge in [0.05, 0.1) is 10.4 Å². The molecule has 1 aliphatic rings. The van der Waals surface area contributed by atoms with E-state index in [1.54, 1.807) is 16.8 Å². The SMILES string of the molecule is Nc1ncnc2c1ccn2[C@@H]1O[C@H]([C@H](O)c2ccc(Cl)c(F)c2)[C@@H](O)[C@H]1SO. The van der Waals surface area contributed by atoms with E-state index in [0.29, 0.717) is 23.1 Å². The molecule has 148 valence electrons. The Morgan fingerprint density at radius 1 is 1.32 bits per heavy atom. The normalized spacial score (nSPS) is 26.0. The molecule has 1 aliphatic heterocycles. The predicted octanol–water partition coefficient (Wildman–Crippen LogP) is 2.37. The van der Waals surface area contributed by atoms with Crippen LogP contribution in [0, 0.1) is 5.82 Å². The molecule has 1 fully saturated rings. The maximum Gasteiger partial charge on any atom is 0.152 e. The lowest BCUT2D eigenvalue weighted by Gasteiger charge is -2.22. The largest absolute Gasteiger partial charge is 0.389 e. The molecule has 4 rings (SSSR count).